The highest BCUT2D eigenvalue weighted by Crippen LogP contribution is 2.47. The topological polar surface area (TPSA) is 66.4 Å². The average molecular weight is 302 g/mol. The quantitative estimate of drug-likeness (QED) is 0.843. The van der Waals surface area contributed by atoms with Gasteiger partial charge < -0.3 is 10.4 Å². The zero-order valence-corrected chi connectivity index (χ0v) is 10.3. The highest BCUT2D eigenvalue weighted by atomic mass is 79.9. The van der Waals surface area contributed by atoms with Crippen molar-refractivity contribution in [2.24, 2.45) is 5.41 Å². The predicted molar refractivity (Wildman–Crippen MR) is 62.0 cm³/mol. The molecule has 0 spiro atoms. The van der Waals surface area contributed by atoms with E-state index < -0.39 is 23.1 Å². The smallest absolute Gasteiger partial charge is 0.319 e. The lowest BCUT2D eigenvalue weighted by Crippen LogP contribution is -2.31. The summed E-state index contributed by atoms with van der Waals surface area (Å²) in [6.07, 6.45) is 0.641. The van der Waals surface area contributed by atoms with Crippen LogP contribution in [0.3, 0.4) is 0 Å². The average Bonchev–Trinajstić information content (AvgIpc) is 3.04. The third-order valence-corrected chi connectivity index (χ3v) is 3.46. The number of rotatable bonds is 3. The molecule has 0 radical (unpaired) electrons. The van der Waals surface area contributed by atoms with Crippen LogP contribution in [0.25, 0.3) is 0 Å². The zero-order chi connectivity index (χ0) is 12.6. The monoisotopic (exact) mass is 301 g/mol. The number of hydrogen-bond donors (Lipinski definition) is 2. The number of anilines is 1. The molecular weight excluding hydrogens is 293 g/mol. The first kappa shape index (κ1) is 12.0. The first-order chi connectivity index (χ1) is 7.95. The molecule has 0 aromatic heterocycles. The van der Waals surface area contributed by atoms with Crippen molar-refractivity contribution < 1.29 is 19.1 Å². The van der Waals surface area contributed by atoms with Gasteiger partial charge in [0.25, 0.3) is 0 Å². The number of carbonyl (C=O) groups is 2. The molecule has 0 bridgehead atoms. The summed E-state index contributed by atoms with van der Waals surface area (Å²) < 4.78 is 13.5. The zero-order valence-electron chi connectivity index (χ0n) is 8.67. The van der Waals surface area contributed by atoms with Crippen LogP contribution < -0.4 is 5.32 Å². The maximum atomic E-state index is 13.0. The van der Waals surface area contributed by atoms with Gasteiger partial charge in [-0.2, -0.15) is 0 Å². The van der Waals surface area contributed by atoms with Gasteiger partial charge in [0.2, 0.25) is 5.91 Å². The van der Waals surface area contributed by atoms with Crippen LogP contribution in [-0.2, 0) is 9.59 Å². The molecule has 17 heavy (non-hydrogen) atoms. The lowest BCUT2D eigenvalue weighted by Gasteiger charge is -2.12. The van der Waals surface area contributed by atoms with Gasteiger partial charge in [0.15, 0.2) is 0 Å². The Morgan fingerprint density at radius 2 is 2.06 bits per heavy atom. The molecule has 1 saturated carbocycles. The minimum Gasteiger partial charge on any atom is -0.480 e. The molecule has 0 heterocycles. The fraction of sp³-hybridized carbons (Fsp3) is 0.273. The minimum atomic E-state index is -1.33. The van der Waals surface area contributed by atoms with Crippen LogP contribution in [0.2, 0.25) is 0 Å². The number of carbonyl (C=O) groups excluding carboxylic acids is 1. The number of halogens is 2. The van der Waals surface area contributed by atoms with Crippen LogP contribution in [0.1, 0.15) is 12.8 Å². The molecule has 0 saturated heterocycles. The Bertz CT molecular complexity index is 499. The molecule has 6 heteroatoms. The summed E-state index contributed by atoms with van der Waals surface area (Å²) in [5, 5.41) is 11.4. The standard InChI is InChI=1S/C11H9BrFNO3/c12-7-2-1-6(13)5-8(7)14-9(15)11(3-4-11)10(16)17/h1-2,5H,3-4H2,(H,14,15)(H,16,17). The Labute approximate surface area is 105 Å². The molecule has 1 amide bonds. The van der Waals surface area contributed by atoms with Gasteiger partial charge in [-0.15, -0.1) is 0 Å². The fourth-order valence-corrected chi connectivity index (χ4v) is 1.84. The van der Waals surface area contributed by atoms with Crippen LogP contribution in [-0.4, -0.2) is 17.0 Å². The molecule has 1 aliphatic rings. The highest BCUT2D eigenvalue weighted by molar-refractivity contribution is 9.10. The van der Waals surface area contributed by atoms with Crippen LogP contribution in [0.4, 0.5) is 10.1 Å². The summed E-state index contributed by atoms with van der Waals surface area (Å²) in [7, 11) is 0. The Balaban J connectivity index is 2.19. The van der Waals surface area contributed by atoms with Crippen LogP contribution in [0.15, 0.2) is 22.7 Å². The van der Waals surface area contributed by atoms with Gasteiger partial charge in [0, 0.05) is 4.47 Å². The Hall–Kier alpha value is -1.43. The molecule has 1 fully saturated rings. The number of amides is 1. The van der Waals surface area contributed by atoms with Gasteiger partial charge in [0.1, 0.15) is 11.2 Å². The molecule has 0 unspecified atom stereocenters. The maximum Gasteiger partial charge on any atom is 0.319 e. The normalized spacial score (nSPS) is 16.4. The molecule has 1 aromatic carbocycles. The predicted octanol–water partition coefficient (Wildman–Crippen LogP) is 2.39. The molecule has 1 aromatic rings. The molecule has 2 N–H and O–H groups in total. The second kappa shape index (κ2) is 4.10. The molecular formula is C11H9BrFNO3. The Kier molecular flexibility index (Phi) is 2.91. The lowest BCUT2D eigenvalue weighted by atomic mass is 10.1. The number of carboxylic acids is 1. The van der Waals surface area contributed by atoms with E-state index in [1.54, 1.807) is 0 Å². The summed E-state index contributed by atoms with van der Waals surface area (Å²) in [6.45, 7) is 0. The Morgan fingerprint density at radius 3 is 2.59 bits per heavy atom. The van der Waals surface area contributed by atoms with E-state index in [0.717, 1.165) is 6.07 Å². The van der Waals surface area contributed by atoms with E-state index >= 15 is 0 Å². The summed E-state index contributed by atoms with van der Waals surface area (Å²) in [5.41, 5.74) is -1.09. The van der Waals surface area contributed by atoms with Gasteiger partial charge >= 0.3 is 5.97 Å². The van der Waals surface area contributed by atoms with Gasteiger partial charge in [0.05, 0.1) is 5.69 Å². The largest absolute Gasteiger partial charge is 0.480 e. The van der Waals surface area contributed by atoms with Crippen molar-refractivity contribution in [1.29, 1.82) is 0 Å². The van der Waals surface area contributed by atoms with Crippen molar-refractivity contribution in [3.05, 3.63) is 28.5 Å². The third kappa shape index (κ3) is 2.17. The van der Waals surface area contributed by atoms with Crippen molar-refractivity contribution in [2.45, 2.75) is 12.8 Å². The number of aliphatic carboxylic acids is 1. The van der Waals surface area contributed by atoms with E-state index in [1.807, 2.05) is 0 Å². The maximum absolute atomic E-state index is 13.0. The minimum absolute atomic E-state index is 0.238. The Morgan fingerprint density at radius 1 is 1.41 bits per heavy atom. The van der Waals surface area contributed by atoms with Gasteiger partial charge in [-0.1, -0.05) is 0 Å². The highest BCUT2D eigenvalue weighted by Gasteiger charge is 2.57. The molecule has 0 atom stereocenters. The summed E-state index contributed by atoms with van der Waals surface area (Å²) >= 11 is 3.15. The van der Waals surface area contributed by atoms with E-state index in [4.69, 9.17) is 5.11 Å². The van der Waals surface area contributed by atoms with Crippen molar-refractivity contribution in [3.63, 3.8) is 0 Å². The number of nitrogens with one attached hydrogen (secondary N) is 1. The third-order valence-electron chi connectivity index (χ3n) is 2.77. The molecule has 2 rings (SSSR count). The molecule has 0 aliphatic heterocycles. The molecule has 90 valence electrons. The van der Waals surface area contributed by atoms with E-state index in [9.17, 15) is 14.0 Å². The van der Waals surface area contributed by atoms with E-state index in [2.05, 4.69) is 21.2 Å². The SMILES string of the molecule is O=C(O)C1(C(=O)Nc2cc(F)ccc2Br)CC1. The van der Waals surface area contributed by atoms with Crippen LogP contribution in [0.5, 0.6) is 0 Å². The van der Waals surface area contributed by atoms with Gasteiger partial charge in [-0.25, -0.2) is 4.39 Å². The second-order valence-corrected chi connectivity index (χ2v) is 4.82. The van der Waals surface area contributed by atoms with E-state index in [1.165, 1.54) is 12.1 Å². The molecule has 4 nitrogen and oxygen atoms in total. The summed E-state index contributed by atoms with van der Waals surface area (Å²) in [5.74, 6) is -2.23. The van der Waals surface area contributed by atoms with Gasteiger partial charge in [-0.3, -0.25) is 9.59 Å². The van der Waals surface area contributed by atoms with Crippen molar-refractivity contribution in [1.82, 2.24) is 0 Å². The van der Waals surface area contributed by atoms with E-state index in [0.29, 0.717) is 17.3 Å². The van der Waals surface area contributed by atoms with Crippen LogP contribution in [0, 0.1) is 11.2 Å². The lowest BCUT2D eigenvalue weighted by molar-refractivity contribution is -0.147. The summed E-state index contributed by atoms with van der Waals surface area (Å²) in [6, 6.07) is 3.83. The fourth-order valence-electron chi connectivity index (χ4n) is 1.50. The van der Waals surface area contributed by atoms with E-state index in [-0.39, 0.29) is 5.69 Å². The van der Waals surface area contributed by atoms with Crippen molar-refractivity contribution >= 4 is 33.5 Å². The van der Waals surface area contributed by atoms with Crippen molar-refractivity contribution in [3.8, 4) is 0 Å². The first-order valence-corrected chi connectivity index (χ1v) is 5.75. The number of hydrogen-bond acceptors (Lipinski definition) is 2. The second-order valence-electron chi connectivity index (χ2n) is 3.97. The number of benzene rings is 1. The first-order valence-electron chi connectivity index (χ1n) is 4.95. The number of carboxylic acid groups (broad SMARTS) is 1. The molecule has 1 aliphatic carbocycles. The summed E-state index contributed by atoms with van der Waals surface area (Å²) in [4.78, 5) is 22.7. The van der Waals surface area contributed by atoms with Gasteiger partial charge in [-0.05, 0) is 47.0 Å². The van der Waals surface area contributed by atoms with Crippen LogP contribution >= 0.6 is 15.9 Å². The van der Waals surface area contributed by atoms with Crippen molar-refractivity contribution in [2.75, 3.05) is 5.32 Å².